The van der Waals surface area contributed by atoms with Crippen LogP contribution in [0.1, 0.15) is 30.3 Å². The molecule has 1 aliphatic rings. The van der Waals surface area contributed by atoms with Crippen LogP contribution in [0.4, 0.5) is 5.69 Å². The highest BCUT2D eigenvalue weighted by Gasteiger charge is 2.25. The first-order valence-corrected chi connectivity index (χ1v) is 5.79. The Morgan fingerprint density at radius 1 is 1.76 bits per heavy atom. The molecule has 0 bridgehead atoms. The van der Waals surface area contributed by atoms with Crippen molar-refractivity contribution in [2.24, 2.45) is 7.05 Å². The van der Waals surface area contributed by atoms with Gasteiger partial charge in [0.2, 0.25) is 0 Å². The summed E-state index contributed by atoms with van der Waals surface area (Å²) in [7, 11) is 1.70. The first kappa shape index (κ1) is 11.9. The van der Waals surface area contributed by atoms with Crippen LogP contribution in [-0.4, -0.2) is 34.4 Å². The maximum absolute atomic E-state index is 12.0. The number of hydrogen-bond donors (Lipinski definition) is 2. The van der Waals surface area contributed by atoms with Crippen LogP contribution in [-0.2, 0) is 11.8 Å². The van der Waals surface area contributed by atoms with E-state index in [1.807, 2.05) is 6.92 Å². The Hall–Kier alpha value is -1.56. The third-order valence-corrected chi connectivity index (χ3v) is 3.06. The Labute approximate surface area is 100 Å². The van der Waals surface area contributed by atoms with Crippen LogP contribution in [0.2, 0.25) is 0 Å². The van der Waals surface area contributed by atoms with E-state index in [1.165, 1.54) is 10.9 Å². The number of nitrogens with one attached hydrogen (secondary N) is 1. The van der Waals surface area contributed by atoms with Gasteiger partial charge in [-0.05, 0) is 19.8 Å². The molecule has 0 aromatic carbocycles. The molecule has 17 heavy (non-hydrogen) atoms. The minimum absolute atomic E-state index is 0.0145. The molecule has 0 aliphatic carbocycles. The lowest BCUT2D eigenvalue weighted by molar-refractivity contribution is 0.0707. The van der Waals surface area contributed by atoms with Crippen LogP contribution in [0, 0.1) is 0 Å². The molecule has 6 nitrogen and oxygen atoms in total. The Kier molecular flexibility index (Phi) is 3.33. The molecule has 2 heterocycles. The lowest BCUT2D eigenvalue weighted by atomic mass is 10.1. The maximum atomic E-state index is 12.0. The van der Waals surface area contributed by atoms with E-state index in [9.17, 15) is 4.79 Å². The zero-order valence-corrected chi connectivity index (χ0v) is 10.1. The minimum Gasteiger partial charge on any atom is -0.396 e. The van der Waals surface area contributed by atoms with Crippen molar-refractivity contribution in [2.75, 3.05) is 12.3 Å². The number of carbonyl (C=O) groups excluding carboxylic acids is 1. The van der Waals surface area contributed by atoms with Crippen molar-refractivity contribution >= 4 is 11.6 Å². The van der Waals surface area contributed by atoms with E-state index in [-0.39, 0.29) is 18.1 Å². The molecule has 0 spiro atoms. The molecule has 94 valence electrons. The quantitative estimate of drug-likeness (QED) is 0.793. The second-order valence-electron chi connectivity index (χ2n) is 4.39. The maximum Gasteiger partial charge on any atom is 0.271 e. The molecule has 1 aromatic heterocycles. The van der Waals surface area contributed by atoms with E-state index in [2.05, 4.69) is 10.4 Å². The van der Waals surface area contributed by atoms with Crippen molar-refractivity contribution in [3.8, 4) is 0 Å². The summed E-state index contributed by atoms with van der Waals surface area (Å²) in [4.78, 5) is 12.0. The zero-order chi connectivity index (χ0) is 12.4. The topological polar surface area (TPSA) is 82.2 Å². The van der Waals surface area contributed by atoms with Gasteiger partial charge in [0.1, 0.15) is 5.69 Å². The highest BCUT2D eigenvalue weighted by Crippen LogP contribution is 2.16. The number of nitrogens with two attached hydrogens (primary N) is 1. The van der Waals surface area contributed by atoms with Crippen molar-refractivity contribution in [2.45, 2.75) is 31.9 Å². The molecule has 6 heteroatoms. The summed E-state index contributed by atoms with van der Waals surface area (Å²) < 4.78 is 7.00. The zero-order valence-electron chi connectivity index (χ0n) is 10.1. The third-order valence-electron chi connectivity index (χ3n) is 3.06. The molecule has 0 radical (unpaired) electrons. The van der Waals surface area contributed by atoms with Crippen molar-refractivity contribution in [3.63, 3.8) is 0 Å². The number of nitrogens with zero attached hydrogens (tertiary/aromatic N) is 2. The Morgan fingerprint density at radius 2 is 2.53 bits per heavy atom. The molecule has 2 rings (SSSR count). The molecule has 2 atom stereocenters. The largest absolute Gasteiger partial charge is 0.396 e. The molecular formula is C11H18N4O2. The summed E-state index contributed by atoms with van der Waals surface area (Å²) in [5.74, 6) is -0.203. The smallest absolute Gasteiger partial charge is 0.271 e. The van der Waals surface area contributed by atoms with Crippen LogP contribution >= 0.6 is 0 Å². The van der Waals surface area contributed by atoms with Gasteiger partial charge < -0.3 is 15.8 Å². The number of hydrogen-bond acceptors (Lipinski definition) is 4. The molecule has 1 aliphatic heterocycles. The van der Waals surface area contributed by atoms with Gasteiger partial charge in [0, 0.05) is 13.7 Å². The summed E-state index contributed by atoms with van der Waals surface area (Å²) in [6.07, 6.45) is 3.63. The third kappa shape index (κ3) is 2.41. The van der Waals surface area contributed by atoms with Gasteiger partial charge in [-0.2, -0.15) is 5.10 Å². The first-order valence-electron chi connectivity index (χ1n) is 5.79. The lowest BCUT2D eigenvalue weighted by Crippen LogP contribution is -2.41. The average Bonchev–Trinajstić information content (AvgIpc) is 2.88. The summed E-state index contributed by atoms with van der Waals surface area (Å²) in [5.41, 5.74) is 6.49. The van der Waals surface area contributed by atoms with Crippen LogP contribution in [0.3, 0.4) is 0 Å². The van der Waals surface area contributed by atoms with Crippen LogP contribution in [0.5, 0.6) is 0 Å². The highest BCUT2D eigenvalue weighted by molar-refractivity contribution is 5.97. The fraction of sp³-hybridized carbons (Fsp3) is 0.636. The second kappa shape index (κ2) is 4.75. The number of rotatable bonds is 3. The van der Waals surface area contributed by atoms with Crippen molar-refractivity contribution in [3.05, 3.63) is 11.9 Å². The van der Waals surface area contributed by atoms with Crippen LogP contribution < -0.4 is 11.1 Å². The number of ether oxygens (including phenoxy) is 1. The fourth-order valence-corrected chi connectivity index (χ4v) is 2.10. The first-order chi connectivity index (χ1) is 8.09. The van der Waals surface area contributed by atoms with Gasteiger partial charge in [-0.3, -0.25) is 9.48 Å². The van der Waals surface area contributed by atoms with E-state index in [4.69, 9.17) is 10.5 Å². The Morgan fingerprint density at radius 3 is 3.06 bits per heavy atom. The molecule has 3 N–H and O–H groups in total. The average molecular weight is 238 g/mol. The second-order valence-corrected chi connectivity index (χ2v) is 4.39. The van der Waals surface area contributed by atoms with Crippen LogP contribution in [0.25, 0.3) is 0 Å². The van der Waals surface area contributed by atoms with E-state index < -0.39 is 0 Å². The SMILES string of the molecule is CC(NC(=O)c1c(N)cnn1C)C1CCCO1. The summed E-state index contributed by atoms with van der Waals surface area (Å²) in [6.45, 7) is 2.72. The monoisotopic (exact) mass is 238 g/mol. The van der Waals surface area contributed by atoms with Gasteiger partial charge in [0.05, 0.1) is 24.0 Å². The molecule has 1 aromatic rings. The summed E-state index contributed by atoms with van der Waals surface area (Å²) in [5, 5.41) is 6.84. The molecule has 1 saturated heterocycles. The Balaban J connectivity index is 2.01. The molecule has 1 amide bonds. The van der Waals surface area contributed by atoms with Gasteiger partial charge in [0.25, 0.3) is 5.91 Å². The number of nitrogen functional groups attached to an aromatic ring is 1. The molecular weight excluding hydrogens is 220 g/mol. The predicted octanol–water partition coefficient (Wildman–Crippen LogP) is 0.300. The lowest BCUT2D eigenvalue weighted by Gasteiger charge is -2.20. The normalized spacial score (nSPS) is 21.4. The van der Waals surface area contributed by atoms with Crippen molar-refractivity contribution in [1.82, 2.24) is 15.1 Å². The summed E-state index contributed by atoms with van der Waals surface area (Å²) >= 11 is 0. The predicted molar refractivity (Wildman–Crippen MR) is 63.5 cm³/mol. The number of aromatic nitrogens is 2. The minimum atomic E-state index is -0.203. The number of aryl methyl sites for hydroxylation is 1. The van der Waals surface area contributed by atoms with Gasteiger partial charge in [0.15, 0.2) is 0 Å². The number of amides is 1. The molecule has 2 unspecified atom stereocenters. The van der Waals surface area contributed by atoms with Crippen molar-refractivity contribution in [1.29, 1.82) is 0 Å². The van der Waals surface area contributed by atoms with Crippen molar-refractivity contribution < 1.29 is 9.53 Å². The number of carbonyl (C=O) groups is 1. The Bertz CT molecular complexity index is 390. The standard InChI is InChI=1S/C11H18N4O2/c1-7(9-4-3-5-17-9)14-11(16)10-8(12)6-13-15(10)2/h6-7,9H,3-5,12H2,1-2H3,(H,14,16). The summed E-state index contributed by atoms with van der Waals surface area (Å²) in [6, 6.07) is -0.0145. The van der Waals surface area contributed by atoms with Gasteiger partial charge >= 0.3 is 0 Å². The van der Waals surface area contributed by atoms with E-state index in [1.54, 1.807) is 7.05 Å². The van der Waals surface area contributed by atoms with Gasteiger partial charge in [-0.15, -0.1) is 0 Å². The van der Waals surface area contributed by atoms with Gasteiger partial charge in [-0.25, -0.2) is 0 Å². The highest BCUT2D eigenvalue weighted by atomic mass is 16.5. The van der Waals surface area contributed by atoms with E-state index >= 15 is 0 Å². The molecule has 0 saturated carbocycles. The fourth-order valence-electron chi connectivity index (χ4n) is 2.10. The van der Waals surface area contributed by atoms with Crippen LogP contribution in [0.15, 0.2) is 6.20 Å². The van der Waals surface area contributed by atoms with Gasteiger partial charge in [-0.1, -0.05) is 0 Å². The number of anilines is 1. The van der Waals surface area contributed by atoms with E-state index in [0.717, 1.165) is 19.4 Å². The molecule has 1 fully saturated rings. The van der Waals surface area contributed by atoms with E-state index in [0.29, 0.717) is 11.4 Å².